The number of rotatable bonds is 4. The number of amidine groups is 1. The number of methoxy groups -OCH3 is 1. The number of pyridine rings is 1. The highest BCUT2D eigenvalue weighted by Crippen LogP contribution is 2.36. The van der Waals surface area contributed by atoms with Crippen molar-refractivity contribution in [2.24, 2.45) is 4.99 Å². The summed E-state index contributed by atoms with van der Waals surface area (Å²) in [5.74, 6) is -0.0159. The molecule has 1 N–H and O–H groups in total. The lowest BCUT2D eigenvalue weighted by atomic mass is 10.1. The third-order valence-corrected chi connectivity index (χ3v) is 4.79. The second-order valence-corrected chi connectivity index (χ2v) is 6.34. The van der Waals surface area contributed by atoms with Crippen LogP contribution in [0.1, 0.15) is 29.3 Å². The van der Waals surface area contributed by atoms with E-state index in [9.17, 15) is 9.18 Å². The van der Waals surface area contributed by atoms with Gasteiger partial charge in [-0.3, -0.25) is 9.79 Å². The second-order valence-electron chi connectivity index (χ2n) is 5.25. The van der Waals surface area contributed by atoms with Crippen LogP contribution in [0.25, 0.3) is 0 Å². The number of nitrogens with one attached hydrogen (secondary N) is 1. The number of amides is 1. The first-order chi connectivity index (χ1) is 11.6. The van der Waals surface area contributed by atoms with Gasteiger partial charge < -0.3 is 10.1 Å². The first-order valence-electron chi connectivity index (χ1n) is 7.38. The summed E-state index contributed by atoms with van der Waals surface area (Å²) in [5.41, 5.74) is 1.28. The van der Waals surface area contributed by atoms with Gasteiger partial charge >= 0.3 is 0 Å². The van der Waals surface area contributed by atoms with Gasteiger partial charge in [0.25, 0.3) is 0 Å². The van der Waals surface area contributed by atoms with Gasteiger partial charge in [-0.15, -0.1) is 0 Å². The molecule has 2 unspecified atom stereocenters. The van der Waals surface area contributed by atoms with E-state index in [4.69, 9.17) is 4.74 Å². The molecule has 1 fully saturated rings. The number of hydrogen-bond acceptors (Lipinski definition) is 5. The average Bonchev–Trinajstić information content (AvgIpc) is 2.95. The number of carbonyl (C=O) groups excluding carboxylic acids is 1. The molecule has 124 valence electrons. The number of aliphatic imine (C=N–C) groups is 1. The lowest BCUT2D eigenvalue weighted by Gasteiger charge is -2.09. The number of nitrogens with zero attached hydrogens (tertiary/aromatic N) is 2. The Morgan fingerprint density at radius 3 is 2.92 bits per heavy atom. The second kappa shape index (κ2) is 7.00. The van der Waals surface area contributed by atoms with Crippen LogP contribution in [0.15, 0.2) is 47.6 Å². The SMILES string of the molecule is COc1cc(C2SC(=NC(C)c3ccccc3F)NC2=O)ccn1. The maximum absolute atomic E-state index is 13.8. The van der Waals surface area contributed by atoms with Crippen molar-refractivity contribution in [1.29, 1.82) is 0 Å². The summed E-state index contributed by atoms with van der Waals surface area (Å²) in [6, 6.07) is 9.59. The van der Waals surface area contributed by atoms with Crippen molar-refractivity contribution in [3.63, 3.8) is 0 Å². The normalized spacial score (nSPS) is 20.0. The molecule has 1 aromatic heterocycles. The molecular formula is C17H16FN3O2S. The number of aromatic nitrogens is 1. The minimum absolute atomic E-state index is 0.160. The Morgan fingerprint density at radius 2 is 2.17 bits per heavy atom. The van der Waals surface area contributed by atoms with Gasteiger partial charge in [-0.05, 0) is 24.6 Å². The maximum Gasteiger partial charge on any atom is 0.244 e. The van der Waals surface area contributed by atoms with E-state index in [2.05, 4.69) is 15.3 Å². The largest absolute Gasteiger partial charge is 0.481 e. The fraction of sp³-hybridized carbons (Fsp3) is 0.235. The molecule has 0 saturated carbocycles. The Hall–Kier alpha value is -2.41. The van der Waals surface area contributed by atoms with E-state index in [0.717, 1.165) is 5.56 Å². The Kier molecular flexibility index (Phi) is 4.80. The van der Waals surface area contributed by atoms with Gasteiger partial charge in [-0.1, -0.05) is 30.0 Å². The van der Waals surface area contributed by atoms with E-state index in [1.54, 1.807) is 43.5 Å². The van der Waals surface area contributed by atoms with Crippen molar-refractivity contribution in [1.82, 2.24) is 10.3 Å². The Balaban J connectivity index is 1.80. The molecular weight excluding hydrogens is 329 g/mol. The number of benzene rings is 1. The highest BCUT2D eigenvalue weighted by Gasteiger charge is 2.32. The molecule has 2 atom stereocenters. The van der Waals surface area contributed by atoms with Gasteiger partial charge in [-0.25, -0.2) is 9.37 Å². The minimum Gasteiger partial charge on any atom is -0.481 e. The zero-order valence-corrected chi connectivity index (χ0v) is 14.0. The maximum atomic E-state index is 13.8. The molecule has 0 radical (unpaired) electrons. The van der Waals surface area contributed by atoms with Crippen LogP contribution in [0.4, 0.5) is 4.39 Å². The lowest BCUT2D eigenvalue weighted by Crippen LogP contribution is -2.22. The molecule has 3 rings (SSSR count). The first-order valence-corrected chi connectivity index (χ1v) is 8.26. The predicted octanol–water partition coefficient (Wildman–Crippen LogP) is 3.25. The van der Waals surface area contributed by atoms with Crippen LogP contribution in [-0.4, -0.2) is 23.2 Å². The van der Waals surface area contributed by atoms with Crippen LogP contribution in [0.5, 0.6) is 5.88 Å². The van der Waals surface area contributed by atoms with Crippen molar-refractivity contribution in [3.05, 3.63) is 59.5 Å². The molecule has 1 aromatic carbocycles. The topological polar surface area (TPSA) is 63.6 Å². The highest BCUT2D eigenvalue weighted by atomic mass is 32.2. The fourth-order valence-electron chi connectivity index (χ4n) is 2.41. The van der Waals surface area contributed by atoms with E-state index in [0.29, 0.717) is 16.6 Å². The molecule has 2 aromatic rings. The Morgan fingerprint density at radius 1 is 1.38 bits per heavy atom. The van der Waals surface area contributed by atoms with Gasteiger partial charge in [0.2, 0.25) is 11.8 Å². The van der Waals surface area contributed by atoms with Crippen LogP contribution in [0, 0.1) is 5.82 Å². The van der Waals surface area contributed by atoms with Crippen molar-refractivity contribution in [2.45, 2.75) is 18.2 Å². The summed E-state index contributed by atoms with van der Waals surface area (Å²) < 4.78 is 18.9. The van der Waals surface area contributed by atoms with Crippen LogP contribution < -0.4 is 10.1 Å². The minimum atomic E-state index is -0.423. The van der Waals surface area contributed by atoms with Crippen molar-refractivity contribution < 1.29 is 13.9 Å². The smallest absolute Gasteiger partial charge is 0.244 e. The molecule has 1 amide bonds. The van der Waals surface area contributed by atoms with Gasteiger partial charge in [0, 0.05) is 17.8 Å². The molecule has 24 heavy (non-hydrogen) atoms. The summed E-state index contributed by atoms with van der Waals surface area (Å²) in [6.07, 6.45) is 1.60. The predicted molar refractivity (Wildman–Crippen MR) is 91.5 cm³/mol. The molecule has 1 saturated heterocycles. The Labute approximate surface area is 143 Å². The van der Waals surface area contributed by atoms with Gasteiger partial charge in [-0.2, -0.15) is 0 Å². The summed E-state index contributed by atoms with van der Waals surface area (Å²) in [5, 5.41) is 2.81. The lowest BCUT2D eigenvalue weighted by molar-refractivity contribution is -0.118. The number of thioether (sulfide) groups is 1. The van der Waals surface area contributed by atoms with Crippen LogP contribution in [-0.2, 0) is 4.79 Å². The van der Waals surface area contributed by atoms with Crippen LogP contribution in [0.2, 0.25) is 0 Å². The number of hydrogen-bond donors (Lipinski definition) is 1. The number of halogens is 1. The Bertz CT molecular complexity index is 797. The first kappa shape index (κ1) is 16.4. The molecule has 5 nitrogen and oxygen atoms in total. The molecule has 0 aliphatic carbocycles. The highest BCUT2D eigenvalue weighted by molar-refractivity contribution is 8.15. The van der Waals surface area contributed by atoms with E-state index in [-0.39, 0.29) is 17.8 Å². The molecule has 7 heteroatoms. The van der Waals surface area contributed by atoms with Gasteiger partial charge in [0.05, 0.1) is 13.2 Å². The van der Waals surface area contributed by atoms with Gasteiger partial charge in [0.1, 0.15) is 11.1 Å². The molecule has 0 spiro atoms. The summed E-state index contributed by atoms with van der Waals surface area (Å²) in [4.78, 5) is 20.7. The zero-order valence-electron chi connectivity index (χ0n) is 13.2. The molecule has 1 aliphatic rings. The quantitative estimate of drug-likeness (QED) is 0.924. The van der Waals surface area contributed by atoms with Crippen molar-refractivity contribution in [3.8, 4) is 5.88 Å². The van der Waals surface area contributed by atoms with E-state index in [1.807, 2.05) is 0 Å². The van der Waals surface area contributed by atoms with E-state index >= 15 is 0 Å². The fourth-order valence-corrected chi connectivity index (χ4v) is 3.46. The van der Waals surface area contributed by atoms with E-state index in [1.165, 1.54) is 24.9 Å². The van der Waals surface area contributed by atoms with Crippen molar-refractivity contribution in [2.75, 3.05) is 7.11 Å². The third-order valence-electron chi connectivity index (χ3n) is 3.63. The average molecular weight is 345 g/mol. The van der Waals surface area contributed by atoms with Crippen LogP contribution >= 0.6 is 11.8 Å². The van der Waals surface area contributed by atoms with Crippen LogP contribution in [0.3, 0.4) is 0 Å². The summed E-state index contributed by atoms with van der Waals surface area (Å²) in [6.45, 7) is 1.79. The number of carbonyl (C=O) groups is 1. The van der Waals surface area contributed by atoms with E-state index < -0.39 is 5.25 Å². The van der Waals surface area contributed by atoms with Gasteiger partial charge in [0.15, 0.2) is 5.17 Å². The monoisotopic (exact) mass is 345 g/mol. The zero-order chi connectivity index (χ0) is 17.1. The summed E-state index contributed by atoms with van der Waals surface area (Å²) >= 11 is 1.30. The third kappa shape index (κ3) is 3.41. The molecule has 0 bridgehead atoms. The number of ether oxygens (including phenoxy) is 1. The molecule has 1 aliphatic heterocycles. The summed E-state index contributed by atoms with van der Waals surface area (Å²) in [7, 11) is 1.52. The van der Waals surface area contributed by atoms with Crippen molar-refractivity contribution >= 4 is 22.8 Å². The molecule has 2 heterocycles. The standard InChI is InChI=1S/C17H16FN3O2S/c1-10(12-5-3-4-6-13(12)18)20-17-21-16(22)15(24-17)11-7-8-19-14(9-11)23-2/h3-10,15H,1-2H3,(H,20,21,22).